The molecule has 1 saturated carbocycles. The Morgan fingerprint density at radius 2 is 1.87 bits per heavy atom. The molecule has 6 nitrogen and oxygen atoms in total. The van der Waals surface area contributed by atoms with Crippen molar-refractivity contribution in [1.29, 1.82) is 0 Å². The van der Waals surface area contributed by atoms with Crippen LogP contribution in [0, 0.1) is 0 Å². The molecule has 1 fully saturated rings. The Morgan fingerprint density at radius 3 is 2.58 bits per heavy atom. The van der Waals surface area contributed by atoms with Gasteiger partial charge in [-0.25, -0.2) is 0 Å². The van der Waals surface area contributed by atoms with Gasteiger partial charge < -0.3 is 19.3 Å². The van der Waals surface area contributed by atoms with Crippen LogP contribution in [0.1, 0.15) is 48.5 Å². The summed E-state index contributed by atoms with van der Waals surface area (Å²) in [6, 6.07) is 15.5. The van der Waals surface area contributed by atoms with Crippen LogP contribution in [0.4, 0.5) is 0 Å². The second kappa shape index (κ2) is 8.61. The number of amides is 2. The van der Waals surface area contributed by atoms with E-state index in [0.29, 0.717) is 24.4 Å². The van der Waals surface area contributed by atoms with Crippen molar-refractivity contribution in [1.82, 2.24) is 9.80 Å². The Bertz CT molecular complexity index is 965. The zero-order chi connectivity index (χ0) is 22.0. The summed E-state index contributed by atoms with van der Waals surface area (Å²) < 4.78 is 11.9. The van der Waals surface area contributed by atoms with E-state index >= 15 is 0 Å². The molecule has 0 radical (unpaired) electrons. The maximum absolute atomic E-state index is 13.5. The molecule has 31 heavy (non-hydrogen) atoms. The van der Waals surface area contributed by atoms with Crippen molar-refractivity contribution in [2.75, 3.05) is 20.7 Å². The topological polar surface area (TPSA) is 59.1 Å². The molecule has 0 saturated heterocycles. The number of ether oxygens (including phenoxy) is 2. The van der Waals surface area contributed by atoms with Gasteiger partial charge in [-0.15, -0.1) is 0 Å². The average molecular weight is 423 g/mol. The highest BCUT2D eigenvalue weighted by atomic mass is 16.5. The van der Waals surface area contributed by atoms with E-state index < -0.39 is 5.60 Å². The lowest BCUT2D eigenvalue weighted by molar-refractivity contribution is -0.131. The van der Waals surface area contributed by atoms with Gasteiger partial charge in [0.05, 0.1) is 13.7 Å². The van der Waals surface area contributed by atoms with Crippen molar-refractivity contribution in [3.8, 4) is 11.5 Å². The highest BCUT2D eigenvalue weighted by Gasteiger charge is 2.43. The molecule has 1 aliphatic carbocycles. The number of methoxy groups -OCH3 is 1. The molecule has 2 aromatic carbocycles. The number of carbonyl (C=O) groups excluding carboxylic acids is 2. The molecule has 6 heteroatoms. The van der Waals surface area contributed by atoms with E-state index in [1.807, 2.05) is 59.3 Å². The predicted octanol–water partition coefficient (Wildman–Crippen LogP) is 3.89. The van der Waals surface area contributed by atoms with Crippen LogP contribution in [0.25, 0.3) is 0 Å². The van der Waals surface area contributed by atoms with E-state index in [4.69, 9.17) is 9.47 Å². The average Bonchev–Trinajstić information content (AvgIpc) is 2.95. The van der Waals surface area contributed by atoms with Crippen molar-refractivity contribution in [2.24, 2.45) is 0 Å². The number of benzene rings is 2. The number of para-hydroxylation sites is 1. The Hall–Kier alpha value is -3.02. The number of carbonyl (C=O) groups is 2. The molecular formula is C25H30N2O4. The van der Waals surface area contributed by atoms with Gasteiger partial charge in [0.2, 0.25) is 5.91 Å². The van der Waals surface area contributed by atoms with Crippen LogP contribution in [0.3, 0.4) is 0 Å². The second-order valence-corrected chi connectivity index (χ2v) is 8.65. The molecule has 164 valence electrons. The normalized spacial score (nSPS) is 22.8. The zero-order valence-corrected chi connectivity index (χ0v) is 18.5. The Labute approximate surface area is 183 Å². The van der Waals surface area contributed by atoms with E-state index in [1.165, 1.54) is 0 Å². The SMILES string of the molecule is COc1cccc(C(=O)N2Cc3ccccc3OC3(CCC(N(C)C(C)=O)CC3)C2)c1. The molecule has 0 unspecified atom stereocenters. The lowest BCUT2D eigenvalue weighted by atomic mass is 9.81. The first kappa shape index (κ1) is 21.2. The van der Waals surface area contributed by atoms with Crippen molar-refractivity contribution < 1.29 is 19.1 Å². The van der Waals surface area contributed by atoms with Crippen LogP contribution in [0.5, 0.6) is 11.5 Å². The summed E-state index contributed by atoms with van der Waals surface area (Å²) in [7, 11) is 3.47. The maximum Gasteiger partial charge on any atom is 0.254 e. The van der Waals surface area contributed by atoms with Crippen LogP contribution >= 0.6 is 0 Å². The van der Waals surface area contributed by atoms with E-state index in [0.717, 1.165) is 37.0 Å². The largest absolute Gasteiger partial charge is 0.497 e. The van der Waals surface area contributed by atoms with Gasteiger partial charge in [0, 0.05) is 37.7 Å². The van der Waals surface area contributed by atoms with E-state index in [-0.39, 0.29) is 17.9 Å². The van der Waals surface area contributed by atoms with Crippen molar-refractivity contribution in [2.45, 2.75) is 50.8 Å². The van der Waals surface area contributed by atoms with Gasteiger partial charge in [-0.05, 0) is 49.9 Å². The fourth-order valence-corrected chi connectivity index (χ4v) is 4.72. The summed E-state index contributed by atoms with van der Waals surface area (Å²) in [6.07, 6.45) is 3.32. The molecule has 0 N–H and O–H groups in total. The lowest BCUT2D eigenvalue weighted by Gasteiger charge is -2.43. The Kier molecular flexibility index (Phi) is 5.90. The van der Waals surface area contributed by atoms with Crippen LogP contribution in [0.2, 0.25) is 0 Å². The zero-order valence-electron chi connectivity index (χ0n) is 18.5. The number of hydrogen-bond acceptors (Lipinski definition) is 4. The minimum absolute atomic E-state index is 0.0263. The summed E-state index contributed by atoms with van der Waals surface area (Å²) >= 11 is 0. The molecule has 4 rings (SSSR count). The fraction of sp³-hybridized carbons (Fsp3) is 0.440. The molecule has 0 atom stereocenters. The third kappa shape index (κ3) is 4.38. The quantitative estimate of drug-likeness (QED) is 0.753. The maximum atomic E-state index is 13.5. The molecular weight excluding hydrogens is 392 g/mol. The van der Waals surface area contributed by atoms with E-state index in [9.17, 15) is 9.59 Å². The summed E-state index contributed by atoms with van der Waals surface area (Å²) in [5.74, 6) is 1.58. The van der Waals surface area contributed by atoms with Gasteiger partial charge in [-0.1, -0.05) is 24.3 Å². The number of fused-ring (bicyclic) bond motifs is 1. The number of nitrogens with zero attached hydrogens (tertiary/aromatic N) is 2. The van der Waals surface area contributed by atoms with Crippen LogP contribution in [-0.2, 0) is 11.3 Å². The third-order valence-electron chi connectivity index (χ3n) is 6.65. The smallest absolute Gasteiger partial charge is 0.254 e. The highest BCUT2D eigenvalue weighted by Crippen LogP contribution is 2.39. The van der Waals surface area contributed by atoms with Crippen molar-refractivity contribution >= 4 is 11.8 Å². The van der Waals surface area contributed by atoms with Gasteiger partial charge in [0.1, 0.15) is 17.1 Å². The van der Waals surface area contributed by atoms with Crippen LogP contribution in [0.15, 0.2) is 48.5 Å². The fourth-order valence-electron chi connectivity index (χ4n) is 4.72. The van der Waals surface area contributed by atoms with Gasteiger partial charge >= 0.3 is 0 Å². The summed E-state index contributed by atoms with van der Waals surface area (Å²) in [6.45, 7) is 2.64. The minimum atomic E-state index is -0.449. The summed E-state index contributed by atoms with van der Waals surface area (Å²) in [5.41, 5.74) is 1.17. The standard InChI is InChI=1S/C25H30N2O4/c1-18(28)26(2)21-11-13-25(14-12-21)17-27(16-20-7-4-5-10-23(20)31-25)24(29)19-8-6-9-22(15-19)30-3/h4-10,15,21H,11-14,16-17H2,1-3H3. The minimum Gasteiger partial charge on any atom is -0.497 e. The first-order chi connectivity index (χ1) is 14.9. The monoisotopic (exact) mass is 422 g/mol. The molecule has 1 aliphatic heterocycles. The van der Waals surface area contributed by atoms with Gasteiger partial charge in [-0.3, -0.25) is 9.59 Å². The molecule has 0 bridgehead atoms. The molecule has 2 aliphatic rings. The van der Waals surface area contributed by atoms with E-state index in [2.05, 4.69) is 0 Å². The first-order valence-corrected chi connectivity index (χ1v) is 10.8. The summed E-state index contributed by atoms with van der Waals surface area (Å²) in [4.78, 5) is 29.0. The van der Waals surface area contributed by atoms with E-state index in [1.54, 1.807) is 20.1 Å². The molecule has 1 heterocycles. The molecule has 1 spiro atoms. The van der Waals surface area contributed by atoms with Crippen molar-refractivity contribution in [3.63, 3.8) is 0 Å². The lowest BCUT2D eigenvalue weighted by Crippen LogP contribution is -2.52. The van der Waals surface area contributed by atoms with Crippen LogP contribution in [-0.4, -0.2) is 54.0 Å². The summed E-state index contributed by atoms with van der Waals surface area (Å²) in [5, 5.41) is 0. The third-order valence-corrected chi connectivity index (χ3v) is 6.65. The molecule has 2 amide bonds. The predicted molar refractivity (Wildman–Crippen MR) is 118 cm³/mol. The van der Waals surface area contributed by atoms with Crippen LogP contribution < -0.4 is 9.47 Å². The van der Waals surface area contributed by atoms with Gasteiger partial charge in [0.25, 0.3) is 5.91 Å². The number of hydrogen-bond donors (Lipinski definition) is 0. The Balaban J connectivity index is 1.62. The van der Waals surface area contributed by atoms with Gasteiger partial charge in [0.15, 0.2) is 0 Å². The second-order valence-electron chi connectivity index (χ2n) is 8.65. The first-order valence-electron chi connectivity index (χ1n) is 10.8. The molecule has 2 aromatic rings. The Morgan fingerprint density at radius 1 is 1.13 bits per heavy atom. The highest BCUT2D eigenvalue weighted by molar-refractivity contribution is 5.94. The van der Waals surface area contributed by atoms with Crippen molar-refractivity contribution in [3.05, 3.63) is 59.7 Å². The van der Waals surface area contributed by atoms with Gasteiger partial charge in [-0.2, -0.15) is 0 Å². The number of rotatable bonds is 3. The molecule has 0 aromatic heterocycles.